The molecule has 1 atom stereocenters. The number of thiazole rings is 1. The second-order valence-electron chi connectivity index (χ2n) is 10.3. The number of nitrogens with zero attached hydrogens (tertiary/aromatic N) is 3. The van der Waals surface area contributed by atoms with Crippen molar-refractivity contribution in [3.05, 3.63) is 81.7 Å². The Balaban J connectivity index is 1.68. The Hall–Kier alpha value is -3.69. The largest absolute Gasteiger partial charge is 0.476 e. The van der Waals surface area contributed by atoms with Crippen LogP contribution in [0.5, 0.6) is 0 Å². The lowest BCUT2D eigenvalue weighted by Gasteiger charge is -2.10. The zero-order valence-corrected chi connectivity index (χ0v) is 23.5. The van der Waals surface area contributed by atoms with Crippen molar-refractivity contribution in [2.45, 2.75) is 50.0 Å². The van der Waals surface area contributed by atoms with E-state index in [4.69, 9.17) is 10.2 Å². The van der Waals surface area contributed by atoms with Crippen molar-refractivity contribution < 1.29 is 23.6 Å². The molecule has 8 nitrogen and oxygen atoms in total. The first-order chi connectivity index (χ1) is 19.0. The van der Waals surface area contributed by atoms with Crippen LogP contribution in [0.15, 0.2) is 52.7 Å². The number of aromatic nitrogens is 3. The summed E-state index contributed by atoms with van der Waals surface area (Å²) in [6.45, 7) is 3.05. The van der Waals surface area contributed by atoms with Gasteiger partial charge in [0.1, 0.15) is 22.4 Å². The van der Waals surface area contributed by atoms with E-state index in [0.717, 1.165) is 36.1 Å². The summed E-state index contributed by atoms with van der Waals surface area (Å²) in [6.07, 6.45) is 3.36. The maximum atomic E-state index is 14.7. The molecule has 2 heterocycles. The van der Waals surface area contributed by atoms with Crippen LogP contribution in [0.4, 0.5) is 4.39 Å². The number of carboxylic acid groups (broad SMARTS) is 1. The number of carbonyl (C=O) groups is 1. The molecule has 4 aromatic rings. The van der Waals surface area contributed by atoms with Crippen LogP contribution >= 0.6 is 11.3 Å². The monoisotopic (exact) mass is 578 g/mol. The molecule has 0 radical (unpaired) electrons. The van der Waals surface area contributed by atoms with Crippen LogP contribution in [-0.4, -0.2) is 40.8 Å². The second-order valence-corrected chi connectivity index (χ2v) is 12.2. The summed E-state index contributed by atoms with van der Waals surface area (Å²) >= 11 is 1.19. The minimum Gasteiger partial charge on any atom is -0.476 e. The molecule has 40 heavy (non-hydrogen) atoms. The molecule has 1 unspecified atom stereocenters. The molecule has 0 aliphatic heterocycles. The Bertz CT molecular complexity index is 1670. The van der Waals surface area contributed by atoms with E-state index in [1.54, 1.807) is 28.9 Å². The van der Waals surface area contributed by atoms with Gasteiger partial charge in [-0.15, -0.1) is 11.3 Å². The second kappa shape index (κ2) is 11.1. The maximum absolute atomic E-state index is 14.7. The predicted octanol–water partition coefficient (Wildman–Crippen LogP) is 4.48. The molecular formula is C29H27FN4O4S2. The van der Waals surface area contributed by atoms with Crippen molar-refractivity contribution >= 4 is 28.3 Å². The van der Waals surface area contributed by atoms with Gasteiger partial charge in [0.05, 0.1) is 21.8 Å². The zero-order chi connectivity index (χ0) is 28.6. The minimum atomic E-state index is -1.60. The van der Waals surface area contributed by atoms with E-state index in [9.17, 15) is 23.6 Å². The zero-order valence-electron chi connectivity index (χ0n) is 21.8. The molecule has 1 aliphatic rings. The standard InChI is InChI=1S/C29H27FN4O4S2/c1-29(2,37)12-11-19-15-20(7-10-23(19)30)26-22(13-17-5-8-21(9-6-17)40(31)38)25(14-18-3-4-18)34(33-26)28-32-24(16-39-28)27(35)36/h5-10,15-16,18,37H,3-4,13-14,31H2,1-2H3,(H,35,36). The molecule has 0 saturated heterocycles. The molecule has 1 fully saturated rings. The van der Waals surface area contributed by atoms with Crippen LogP contribution in [0.3, 0.4) is 0 Å². The quantitative estimate of drug-likeness (QED) is 0.264. The third kappa shape index (κ3) is 6.37. The number of rotatable bonds is 8. The lowest BCUT2D eigenvalue weighted by Crippen LogP contribution is -2.14. The highest BCUT2D eigenvalue weighted by molar-refractivity contribution is 7.82. The van der Waals surface area contributed by atoms with Gasteiger partial charge in [0.25, 0.3) is 0 Å². The summed E-state index contributed by atoms with van der Waals surface area (Å²) in [6, 6.07) is 11.7. The molecular weight excluding hydrogens is 551 g/mol. The number of benzene rings is 2. The summed E-state index contributed by atoms with van der Waals surface area (Å²) < 4.78 is 28.1. The average molecular weight is 579 g/mol. The number of hydrogen-bond acceptors (Lipinski definition) is 6. The van der Waals surface area contributed by atoms with Gasteiger partial charge in [-0.1, -0.05) is 24.0 Å². The summed E-state index contributed by atoms with van der Waals surface area (Å²) in [4.78, 5) is 16.4. The molecule has 11 heteroatoms. The van der Waals surface area contributed by atoms with Crippen molar-refractivity contribution in [3.63, 3.8) is 0 Å². The Morgan fingerprint density at radius 3 is 2.58 bits per heavy atom. The maximum Gasteiger partial charge on any atom is 0.355 e. The molecule has 206 valence electrons. The van der Waals surface area contributed by atoms with E-state index >= 15 is 0 Å². The first-order valence-corrected chi connectivity index (χ1v) is 14.7. The van der Waals surface area contributed by atoms with E-state index in [1.807, 2.05) is 12.1 Å². The van der Waals surface area contributed by atoms with Crippen LogP contribution in [0.25, 0.3) is 16.4 Å². The predicted molar refractivity (Wildman–Crippen MR) is 151 cm³/mol. The molecule has 5 rings (SSSR count). The van der Waals surface area contributed by atoms with Gasteiger partial charge >= 0.3 is 5.97 Å². The Kier molecular flexibility index (Phi) is 7.70. The van der Waals surface area contributed by atoms with E-state index < -0.39 is 28.4 Å². The van der Waals surface area contributed by atoms with Crippen molar-refractivity contribution in [2.24, 2.45) is 11.1 Å². The van der Waals surface area contributed by atoms with Crippen LogP contribution in [0, 0.1) is 23.6 Å². The highest BCUT2D eigenvalue weighted by Crippen LogP contribution is 2.38. The van der Waals surface area contributed by atoms with Gasteiger partial charge in [-0.2, -0.15) is 5.10 Å². The van der Waals surface area contributed by atoms with Crippen molar-refractivity contribution in [1.29, 1.82) is 0 Å². The third-order valence-corrected chi connectivity index (χ3v) is 7.99. The molecule has 0 spiro atoms. The minimum absolute atomic E-state index is 0.0627. The van der Waals surface area contributed by atoms with Gasteiger partial charge in [-0.3, -0.25) is 0 Å². The molecule has 2 aromatic carbocycles. The van der Waals surface area contributed by atoms with E-state index in [2.05, 4.69) is 16.8 Å². The molecule has 1 saturated carbocycles. The third-order valence-electron chi connectivity index (χ3n) is 6.44. The van der Waals surface area contributed by atoms with Gasteiger partial charge < -0.3 is 10.2 Å². The van der Waals surface area contributed by atoms with Crippen LogP contribution in [0.2, 0.25) is 0 Å². The molecule has 0 amide bonds. The van der Waals surface area contributed by atoms with Gasteiger partial charge in [-0.05, 0) is 74.9 Å². The highest BCUT2D eigenvalue weighted by Gasteiger charge is 2.29. The Labute approximate surface area is 237 Å². The summed E-state index contributed by atoms with van der Waals surface area (Å²) in [7, 11) is -1.60. The number of aliphatic hydroxyl groups is 1. The summed E-state index contributed by atoms with van der Waals surface area (Å²) in [5.74, 6) is 4.23. The molecule has 1 aliphatic carbocycles. The first kappa shape index (κ1) is 27.9. The number of nitrogens with two attached hydrogens (primary N) is 1. The fourth-order valence-electron chi connectivity index (χ4n) is 4.26. The first-order valence-electron chi connectivity index (χ1n) is 12.6. The van der Waals surface area contributed by atoms with E-state index in [1.165, 1.54) is 36.6 Å². The fraction of sp³-hybridized carbons (Fsp3) is 0.276. The Morgan fingerprint density at radius 2 is 1.98 bits per heavy atom. The number of hydrogen-bond donors (Lipinski definition) is 3. The van der Waals surface area contributed by atoms with Crippen LogP contribution < -0.4 is 5.14 Å². The Morgan fingerprint density at radius 1 is 1.25 bits per heavy atom. The SMILES string of the molecule is CC(C)(O)C#Cc1cc(-c2nn(-c3nc(C(=O)O)cs3)c(CC3CC3)c2Cc2ccc(S(N)=O)cc2)ccc1F. The molecule has 4 N–H and O–H groups in total. The van der Waals surface area contributed by atoms with Crippen LogP contribution in [-0.2, 0) is 23.8 Å². The summed E-state index contributed by atoms with van der Waals surface area (Å²) in [5.41, 5.74) is 2.73. The van der Waals surface area contributed by atoms with Gasteiger partial charge in [0.2, 0.25) is 5.13 Å². The number of carboxylic acids is 1. The van der Waals surface area contributed by atoms with E-state index in [-0.39, 0.29) is 11.3 Å². The van der Waals surface area contributed by atoms with Crippen LogP contribution in [0.1, 0.15) is 59.6 Å². The summed E-state index contributed by atoms with van der Waals surface area (Å²) in [5, 5.41) is 31.8. The molecule has 2 aromatic heterocycles. The highest BCUT2D eigenvalue weighted by atomic mass is 32.2. The fourth-order valence-corrected chi connectivity index (χ4v) is 5.44. The number of halogens is 1. The topological polar surface area (TPSA) is 131 Å². The van der Waals surface area contributed by atoms with Crippen molar-refractivity contribution in [3.8, 4) is 28.2 Å². The average Bonchev–Trinajstić information content (AvgIpc) is 3.46. The van der Waals surface area contributed by atoms with Crippen molar-refractivity contribution in [1.82, 2.24) is 14.8 Å². The van der Waals surface area contributed by atoms with Crippen molar-refractivity contribution in [2.75, 3.05) is 0 Å². The van der Waals surface area contributed by atoms with Gasteiger partial charge in [0, 0.05) is 22.9 Å². The normalized spacial score (nSPS) is 14.0. The number of aromatic carboxylic acids is 1. The van der Waals surface area contributed by atoms with E-state index in [0.29, 0.717) is 33.6 Å². The lowest BCUT2D eigenvalue weighted by atomic mass is 9.96. The molecule has 0 bridgehead atoms. The van der Waals surface area contributed by atoms with Gasteiger partial charge in [0.15, 0.2) is 5.69 Å². The van der Waals surface area contributed by atoms with Gasteiger partial charge in [-0.25, -0.2) is 28.2 Å². The lowest BCUT2D eigenvalue weighted by molar-refractivity contribution is 0.0691. The smallest absolute Gasteiger partial charge is 0.355 e.